The number of carboxylic acids is 1. The van der Waals surface area contributed by atoms with Crippen molar-refractivity contribution in [2.75, 3.05) is 18.0 Å². The van der Waals surface area contributed by atoms with Crippen molar-refractivity contribution in [1.82, 2.24) is 4.98 Å². The van der Waals surface area contributed by atoms with Gasteiger partial charge in [0.1, 0.15) is 13.1 Å². The number of carbonyl (C=O) groups is 1. The summed E-state index contributed by atoms with van der Waals surface area (Å²) in [5.41, 5.74) is 0.720. The van der Waals surface area contributed by atoms with Gasteiger partial charge in [0, 0.05) is 17.6 Å². The predicted molar refractivity (Wildman–Crippen MR) is 54.9 cm³/mol. The maximum absolute atomic E-state index is 12.3. The lowest BCUT2D eigenvalue weighted by atomic mass is 10.3. The lowest BCUT2D eigenvalue weighted by Gasteiger charge is -2.24. The number of nitrogens with zero attached hydrogens (tertiary/aromatic N) is 2. The summed E-state index contributed by atoms with van der Waals surface area (Å²) in [5, 5.41) is 8.59. The van der Waals surface area contributed by atoms with Crippen molar-refractivity contribution in [1.29, 1.82) is 0 Å². The van der Waals surface area contributed by atoms with Crippen LogP contribution in [-0.2, 0) is 4.79 Å². The number of aliphatic carboxylic acids is 1. The van der Waals surface area contributed by atoms with Gasteiger partial charge in [0.15, 0.2) is 0 Å². The van der Waals surface area contributed by atoms with E-state index in [0.29, 0.717) is 5.69 Å². The zero-order chi connectivity index (χ0) is 13.1. The fourth-order valence-electron chi connectivity index (χ4n) is 1.35. The molecular formula is C10H11F3N2O2. The van der Waals surface area contributed by atoms with Gasteiger partial charge in [0.05, 0.1) is 0 Å². The number of alkyl halides is 3. The van der Waals surface area contributed by atoms with Crippen LogP contribution in [0.4, 0.5) is 18.9 Å². The van der Waals surface area contributed by atoms with Gasteiger partial charge in [-0.3, -0.25) is 9.78 Å². The molecule has 1 heterocycles. The predicted octanol–water partition coefficient (Wildman–Crippen LogP) is 1.84. The average Bonchev–Trinajstić information content (AvgIpc) is 2.13. The molecule has 0 saturated carbocycles. The maximum atomic E-state index is 12.3. The lowest BCUT2D eigenvalue weighted by molar-refractivity contribution is -0.136. The van der Waals surface area contributed by atoms with Crippen LogP contribution in [0.15, 0.2) is 18.3 Å². The summed E-state index contributed by atoms with van der Waals surface area (Å²) in [6.07, 6.45) is -3.11. The number of anilines is 1. The number of aromatic nitrogens is 1. The standard InChI is InChI=1S/C10H11F3N2O2/c1-7-4-8(2-3-14-7)15(5-9(16)17)6-10(11,12)13/h2-4H,5-6H2,1H3,(H,16,17). The van der Waals surface area contributed by atoms with Crippen LogP contribution in [0.5, 0.6) is 0 Å². The molecule has 0 radical (unpaired) electrons. The maximum Gasteiger partial charge on any atom is 0.405 e. The van der Waals surface area contributed by atoms with Gasteiger partial charge in [-0.05, 0) is 19.1 Å². The largest absolute Gasteiger partial charge is 0.480 e. The molecule has 0 aliphatic heterocycles. The van der Waals surface area contributed by atoms with Gasteiger partial charge in [-0.15, -0.1) is 0 Å². The average molecular weight is 248 g/mol. The first-order valence-corrected chi connectivity index (χ1v) is 4.74. The molecule has 0 saturated heterocycles. The third kappa shape index (κ3) is 4.71. The van der Waals surface area contributed by atoms with Gasteiger partial charge >= 0.3 is 12.1 Å². The van der Waals surface area contributed by atoms with E-state index >= 15 is 0 Å². The molecule has 94 valence electrons. The summed E-state index contributed by atoms with van der Waals surface area (Å²) in [5.74, 6) is -1.32. The molecule has 0 aromatic carbocycles. The highest BCUT2D eigenvalue weighted by atomic mass is 19.4. The number of aryl methyl sites for hydroxylation is 1. The molecule has 1 N–H and O–H groups in total. The van der Waals surface area contributed by atoms with Crippen molar-refractivity contribution in [2.24, 2.45) is 0 Å². The minimum absolute atomic E-state index is 0.192. The van der Waals surface area contributed by atoms with Gasteiger partial charge in [-0.2, -0.15) is 13.2 Å². The van der Waals surface area contributed by atoms with Crippen LogP contribution in [0.2, 0.25) is 0 Å². The van der Waals surface area contributed by atoms with Crippen LogP contribution in [0, 0.1) is 6.92 Å². The summed E-state index contributed by atoms with van der Waals surface area (Å²) in [6, 6.07) is 2.76. The third-order valence-electron chi connectivity index (χ3n) is 1.94. The van der Waals surface area contributed by atoms with Crippen molar-refractivity contribution in [3.8, 4) is 0 Å². The van der Waals surface area contributed by atoms with Crippen molar-refractivity contribution in [3.05, 3.63) is 24.0 Å². The molecule has 0 fully saturated rings. The van der Waals surface area contributed by atoms with Gasteiger partial charge in [0.2, 0.25) is 0 Å². The molecule has 0 unspecified atom stereocenters. The van der Waals surface area contributed by atoms with Crippen molar-refractivity contribution in [2.45, 2.75) is 13.1 Å². The van der Waals surface area contributed by atoms with E-state index in [9.17, 15) is 18.0 Å². The van der Waals surface area contributed by atoms with Gasteiger partial charge < -0.3 is 10.0 Å². The van der Waals surface area contributed by atoms with E-state index in [1.165, 1.54) is 18.3 Å². The Balaban J connectivity index is 2.93. The van der Waals surface area contributed by atoms with Crippen molar-refractivity contribution in [3.63, 3.8) is 0 Å². The fourth-order valence-corrected chi connectivity index (χ4v) is 1.35. The highest BCUT2D eigenvalue weighted by Crippen LogP contribution is 2.21. The van der Waals surface area contributed by atoms with Crippen LogP contribution in [-0.4, -0.2) is 35.3 Å². The second-order valence-corrected chi connectivity index (χ2v) is 3.52. The Bertz CT molecular complexity index is 407. The van der Waals surface area contributed by atoms with E-state index in [0.717, 1.165) is 4.90 Å². The Morgan fingerprint density at radius 3 is 2.65 bits per heavy atom. The molecule has 0 bridgehead atoms. The van der Waals surface area contributed by atoms with Gasteiger partial charge in [-0.1, -0.05) is 0 Å². The minimum atomic E-state index is -4.45. The molecule has 1 aromatic heterocycles. The van der Waals surface area contributed by atoms with E-state index in [4.69, 9.17) is 5.11 Å². The molecular weight excluding hydrogens is 237 g/mol. The first-order chi connectivity index (χ1) is 7.78. The van der Waals surface area contributed by atoms with Crippen LogP contribution in [0.25, 0.3) is 0 Å². The summed E-state index contributed by atoms with van der Waals surface area (Å²) >= 11 is 0. The van der Waals surface area contributed by atoms with E-state index in [2.05, 4.69) is 4.98 Å². The number of rotatable bonds is 4. The minimum Gasteiger partial charge on any atom is -0.480 e. The SMILES string of the molecule is Cc1cc(N(CC(=O)O)CC(F)(F)F)ccn1. The van der Waals surface area contributed by atoms with Crippen molar-refractivity contribution < 1.29 is 23.1 Å². The number of pyridine rings is 1. The van der Waals surface area contributed by atoms with E-state index in [1.807, 2.05) is 0 Å². The van der Waals surface area contributed by atoms with Crippen LogP contribution >= 0.6 is 0 Å². The summed E-state index contributed by atoms with van der Waals surface area (Å²) in [4.78, 5) is 15.1. The molecule has 1 aromatic rings. The molecule has 0 aliphatic rings. The van der Waals surface area contributed by atoms with Crippen molar-refractivity contribution >= 4 is 11.7 Å². The number of hydrogen-bond donors (Lipinski definition) is 1. The number of halogens is 3. The van der Waals surface area contributed by atoms with Gasteiger partial charge in [0.25, 0.3) is 0 Å². The molecule has 0 aliphatic carbocycles. The Hall–Kier alpha value is -1.79. The Morgan fingerprint density at radius 2 is 2.18 bits per heavy atom. The Kier molecular flexibility index (Phi) is 3.93. The second kappa shape index (κ2) is 5.03. The summed E-state index contributed by atoms with van der Waals surface area (Å²) < 4.78 is 36.9. The Labute approximate surface area is 95.7 Å². The monoisotopic (exact) mass is 248 g/mol. The van der Waals surface area contributed by atoms with Gasteiger partial charge in [-0.25, -0.2) is 0 Å². The molecule has 0 amide bonds. The molecule has 0 atom stereocenters. The molecule has 7 heteroatoms. The smallest absolute Gasteiger partial charge is 0.405 e. The Morgan fingerprint density at radius 1 is 1.53 bits per heavy atom. The highest BCUT2D eigenvalue weighted by Gasteiger charge is 2.31. The third-order valence-corrected chi connectivity index (χ3v) is 1.94. The van der Waals surface area contributed by atoms with Crippen LogP contribution in [0.3, 0.4) is 0 Å². The highest BCUT2D eigenvalue weighted by molar-refractivity contribution is 5.73. The number of carboxylic acid groups (broad SMARTS) is 1. The molecule has 4 nitrogen and oxygen atoms in total. The first-order valence-electron chi connectivity index (χ1n) is 4.74. The normalized spacial score (nSPS) is 11.3. The van der Waals surface area contributed by atoms with E-state index in [-0.39, 0.29) is 5.69 Å². The summed E-state index contributed by atoms with van der Waals surface area (Å²) in [6.45, 7) is -0.387. The zero-order valence-corrected chi connectivity index (χ0v) is 9.03. The summed E-state index contributed by atoms with van der Waals surface area (Å²) in [7, 11) is 0. The molecule has 0 spiro atoms. The second-order valence-electron chi connectivity index (χ2n) is 3.52. The fraction of sp³-hybridized carbons (Fsp3) is 0.400. The lowest BCUT2D eigenvalue weighted by Crippen LogP contribution is -2.38. The zero-order valence-electron chi connectivity index (χ0n) is 9.03. The van der Waals surface area contributed by atoms with E-state index in [1.54, 1.807) is 6.92 Å². The van der Waals surface area contributed by atoms with Crippen LogP contribution < -0.4 is 4.90 Å². The molecule has 17 heavy (non-hydrogen) atoms. The number of hydrogen-bond acceptors (Lipinski definition) is 3. The molecule has 1 rings (SSSR count). The van der Waals surface area contributed by atoms with Crippen LogP contribution in [0.1, 0.15) is 5.69 Å². The topological polar surface area (TPSA) is 53.4 Å². The van der Waals surface area contributed by atoms with E-state index < -0.39 is 25.2 Å². The first kappa shape index (κ1) is 13.3. The quantitative estimate of drug-likeness (QED) is 0.883.